The first-order valence-corrected chi connectivity index (χ1v) is 6.56. The molecule has 4 nitrogen and oxygen atoms in total. The lowest BCUT2D eigenvalue weighted by atomic mass is 10.2. The quantitative estimate of drug-likeness (QED) is 0.788. The molecule has 2 aromatic carbocycles. The van der Waals surface area contributed by atoms with Crippen molar-refractivity contribution in [3.8, 4) is 11.4 Å². The summed E-state index contributed by atoms with van der Waals surface area (Å²) in [6, 6.07) is 13.6. The highest BCUT2D eigenvalue weighted by Crippen LogP contribution is 2.26. The molecule has 0 atom stereocenters. The van der Waals surface area contributed by atoms with Gasteiger partial charge in [0.25, 0.3) is 0 Å². The van der Waals surface area contributed by atoms with E-state index < -0.39 is 0 Å². The monoisotopic (exact) mass is 317 g/mol. The topological polar surface area (TPSA) is 53.1 Å². The van der Waals surface area contributed by atoms with Crippen molar-refractivity contribution in [1.29, 1.82) is 0 Å². The summed E-state index contributed by atoms with van der Waals surface area (Å²) in [5.74, 6) is 1.28. The summed E-state index contributed by atoms with van der Waals surface area (Å²) in [6.07, 6.45) is 0. The molecule has 0 bridgehead atoms. The van der Waals surface area contributed by atoms with Crippen LogP contribution in [0.3, 0.4) is 0 Å². The summed E-state index contributed by atoms with van der Waals surface area (Å²) >= 11 is 3.47. The Kier molecular flexibility index (Phi) is 2.91. The van der Waals surface area contributed by atoms with Crippen LogP contribution in [0.25, 0.3) is 16.7 Å². The van der Waals surface area contributed by atoms with Crippen LogP contribution < -0.4 is 10.5 Å². The first kappa shape index (κ1) is 12.0. The van der Waals surface area contributed by atoms with Crippen LogP contribution in [0.1, 0.15) is 0 Å². The van der Waals surface area contributed by atoms with Gasteiger partial charge in [0.2, 0.25) is 5.95 Å². The molecule has 19 heavy (non-hydrogen) atoms. The van der Waals surface area contributed by atoms with E-state index >= 15 is 0 Å². The van der Waals surface area contributed by atoms with Gasteiger partial charge in [0.1, 0.15) is 5.75 Å². The molecule has 1 aromatic heterocycles. The van der Waals surface area contributed by atoms with Crippen LogP contribution in [0.2, 0.25) is 0 Å². The number of fused-ring (bicyclic) bond motifs is 1. The van der Waals surface area contributed by atoms with E-state index in [9.17, 15) is 0 Å². The Morgan fingerprint density at radius 3 is 2.58 bits per heavy atom. The third-order valence-corrected chi connectivity index (χ3v) is 3.47. The second-order valence-corrected chi connectivity index (χ2v) is 5.05. The molecule has 0 radical (unpaired) electrons. The summed E-state index contributed by atoms with van der Waals surface area (Å²) in [6.45, 7) is 0. The highest BCUT2D eigenvalue weighted by Gasteiger charge is 2.10. The maximum absolute atomic E-state index is 6.01. The number of rotatable bonds is 2. The second-order valence-electron chi connectivity index (χ2n) is 4.14. The number of methoxy groups -OCH3 is 1. The first-order valence-electron chi connectivity index (χ1n) is 5.77. The third-order valence-electron chi connectivity index (χ3n) is 2.97. The fourth-order valence-electron chi connectivity index (χ4n) is 2.07. The van der Waals surface area contributed by atoms with Gasteiger partial charge in [0, 0.05) is 10.2 Å². The highest BCUT2D eigenvalue weighted by atomic mass is 79.9. The lowest BCUT2D eigenvalue weighted by Gasteiger charge is -2.07. The van der Waals surface area contributed by atoms with Crippen molar-refractivity contribution in [3.63, 3.8) is 0 Å². The van der Waals surface area contributed by atoms with Crippen LogP contribution in [-0.2, 0) is 0 Å². The van der Waals surface area contributed by atoms with Crippen LogP contribution in [-0.4, -0.2) is 16.7 Å². The summed E-state index contributed by atoms with van der Waals surface area (Å²) in [7, 11) is 1.65. The van der Waals surface area contributed by atoms with Crippen molar-refractivity contribution in [2.24, 2.45) is 0 Å². The number of hydrogen-bond donors (Lipinski definition) is 1. The second kappa shape index (κ2) is 4.59. The number of hydrogen-bond acceptors (Lipinski definition) is 3. The molecular formula is C14H12BrN3O. The van der Waals surface area contributed by atoms with Crippen LogP contribution in [0.5, 0.6) is 5.75 Å². The minimum atomic E-state index is 0.471. The van der Waals surface area contributed by atoms with E-state index in [1.165, 1.54) is 0 Å². The molecule has 2 N–H and O–H groups in total. The molecule has 3 rings (SSSR count). The summed E-state index contributed by atoms with van der Waals surface area (Å²) in [5.41, 5.74) is 8.81. The fourth-order valence-corrected chi connectivity index (χ4v) is 2.42. The normalized spacial score (nSPS) is 10.8. The maximum atomic E-state index is 6.01. The maximum Gasteiger partial charge on any atom is 0.205 e. The Labute approximate surface area is 118 Å². The number of imidazole rings is 1. The van der Waals surface area contributed by atoms with Gasteiger partial charge in [-0.1, -0.05) is 15.9 Å². The number of nitrogens with zero attached hydrogens (tertiary/aromatic N) is 2. The Morgan fingerprint density at radius 2 is 1.89 bits per heavy atom. The molecule has 0 fully saturated rings. The Morgan fingerprint density at radius 1 is 1.16 bits per heavy atom. The summed E-state index contributed by atoms with van der Waals surface area (Å²) < 4.78 is 8.07. The molecule has 0 aliphatic carbocycles. The van der Waals surface area contributed by atoms with E-state index in [1.807, 2.05) is 47.0 Å². The van der Waals surface area contributed by atoms with Gasteiger partial charge in [-0.15, -0.1) is 0 Å². The summed E-state index contributed by atoms with van der Waals surface area (Å²) in [4.78, 5) is 4.36. The zero-order valence-corrected chi connectivity index (χ0v) is 11.9. The van der Waals surface area contributed by atoms with E-state index in [2.05, 4.69) is 20.9 Å². The van der Waals surface area contributed by atoms with Crippen molar-refractivity contribution in [1.82, 2.24) is 9.55 Å². The molecular weight excluding hydrogens is 306 g/mol. The van der Waals surface area contributed by atoms with E-state index in [1.54, 1.807) is 7.11 Å². The number of aromatic nitrogens is 2. The highest BCUT2D eigenvalue weighted by molar-refractivity contribution is 9.10. The molecule has 0 aliphatic rings. The SMILES string of the molecule is COc1ccc(-n2c(N)nc3ccc(Br)cc32)cc1. The summed E-state index contributed by atoms with van der Waals surface area (Å²) in [5, 5.41) is 0. The molecule has 0 unspecified atom stereocenters. The lowest BCUT2D eigenvalue weighted by molar-refractivity contribution is 0.415. The van der Waals surface area contributed by atoms with Gasteiger partial charge in [0.15, 0.2) is 0 Å². The van der Waals surface area contributed by atoms with Crippen LogP contribution >= 0.6 is 15.9 Å². The van der Waals surface area contributed by atoms with Gasteiger partial charge in [-0.25, -0.2) is 4.98 Å². The standard InChI is InChI=1S/C14H12BrN3O/c1-19-11-5-3-10(4-6-11)18-13-8-9(15)2-7-12(13)17-14(18)16/h2-8H,1H3,(H2,16,17). The molecule has 96 valence electrons. The van der Waals surface area contributed by atoms with Crippen LogP contribution in [0, 0.1) is 0 Å². The van der Waals surface area contributed by atoms with Crippen molar-refractivity contribution >= 4 is 32.9 Å². The molecule has 0 aliphatic heterocycles. The number of ether oxygens (including phenoxy) is 1. The van der Waals surface area contributed by atoms with Crippen molar-refractivity contribution in [2.75, 3.05) is 12.8 Å². The van der Waals surface area contributed by atoms with Gasteiger partial charge >= 0.3 is 0 Å². The van der Waals surface area contributed by atoms with E-state index in [0.29, 0.717) is 5.95 Å². The van der Waals surface area contributed by atoms with E-state index in [4.69, 9.17) is 10.5 Å². The Hall–Kier alpha value is -2.01. The average molecular weight is 318 g/mol. The van der Waals surface area contributed by atoms with Gasteiger partial charge in [-0.3, -0.25) is 4.57 Å². The molecule has 1 heterocycles. The largest absolute Gasteiger partial charge is 0.497 e. The van der Waals surface area contributed by atoms with E-state index in [0.717, 1.165) is 26.9 Å². The Balaban J connectivity index is 2.22. The van der Waals surface area contributed by atoms with Crippen LogP contribution in [0.15, 0.2) is 46.9 Å². The zero-order valence-electron chi connectivity index (χ0n) is 10.3. The van der Waals surface area contributed by atoms with Gasteiger partial charge in [0.05, 0.1) is 18.1 Å². The molecule has 3 aromatic rings. The third kappa shape index (κ3) is 2.06. The zero-order chi connectivity index (χ0) is 13.4. The van der Waals surface area contributed by atoms with Gasteiger partial charge in [-0.05, 0) is 42.5 Å². The van der Waals surface area contributed by atoms with Crippen molar-refractivity contribution in [3.05, 3.63) is 46.9 Å². The number of anilines is 1. The van der Waals surface area contributed by atoms with Gasteiger partial charge < -0.3 is 10.5 Å². The predicted octanol–water partition coefficient (Wildman–Crippen LogP) is 3.38. The molecule has 5 heteroatoms. The molecule has 0 spiro atoms. The van der Waals surface area contributed by atoms with Crippen molar-refractivity contribution < 1.29 is 4.74 Å². The van der Waals surface area contributed by atoms with E-state index in [-0.39, 0.29) is 0 Å². The molecule has 0 saturated heterocycles. The number of benzene rings is 2. The fraction of sp³-hybridized carbons (Fsp3) is 0.0714. The average Bonchev–Trinajstić information content (AvgIpc) is 2.74. The molecule has 0 saturated carbocycles. The van der Waals surface area contributed by atoms with Crippen molar-refractivity contribution in [2.45, 2.75) is 0 Å². The predicted molar refractivity (Wildman–Crippen MR) is 79.7 cm³/mol. The van der Waals surface area contributed by atoms with Gasteiger partial charge in [-0.2, -0.15) is 0 Å². The number of nitrogens with two attached hydrogens (primary N) is 1. The Bertz CT molecular complexity index is 734. The van der Waals surface area contributed by atoms with Crippen LogP contribution in [0.4, 0.5) is 5.95 Å². The molecule has 0 amide bonds. The number of halogens is 1. The first-order chi connectivity index (χ1) is 9.19. The smallest absolute Gasteiger partial charge is 0.205 e. The number of nitrogen functional groups attached to an aromatic ring is 1. The minimum Gasteiger partial charge on any atom is -0.497 e. The lowest BCUT2D eigenvalue weighted by Crippen LogP contribution is -2.00. The minimum absolute atomic E-state index is 0.471.